The van der Waals surface area contributed by atoms with Crippen LogP contribution in [0.5, 0.6) is 5.75 Å². The molecular formula is C15H12FN3O2. The smallest absolute Gasteiger partial charge is 0.262 e. The highest BCUT2D eigenvalue weighted by Gasteiger charge is 2.16. The lowest BCUT2D eigenvalue weighted by Gasteiger charge is -2.02. The molecule has 2 aromatic carbocycles. The van der Waals surface area contributed by atoms with Crippen LogP contribution in [-0.2, 0) is 0 Å². The van der Waals surface area contributed by atoms with Gasteiger partial charge in [0.05, 0.1) is 11.3 Å². The van der Waals surface area contributed by atoms with Crippen LogP contribution in [-0.4, -0.2) is 15.2 Å². The first-order valence-electron chi connectivity index (χ1n) is 6.24. The third-order valence-electron chi connectivity index (χ3n) is 3.15. The first kappa shape index (κ1) is 13.1. The monoisotopic (exact) mass is 285 g/mol. The molecule has 3 rings (SSSR count). The van der Waals surface area contributed by atoms with Gasteiger partial charge in [-0.25, -0.2) is 4.39 Å². The van der Waals surface area contributed by atoms with Crippen molar-refractivity contribution in [3.05, 3.63) is 47.8 Å². The van der Waals surface area contributed by atoms with Crippen LogP contribution in [0.4, 0.5) is 10.1 Å². The van der Waals surface area contributed by atoms with E-state index in [2.05, 4.69) is 10.1 Å². The normalized spacial score (nSPS) is 10.8. The zero-order valence-corrected chi connectivity index (χ0v) is 11.2. The Hall–Kier alpha value is -2.89. The largest absolute Gasteiger partial charge is 0.505 e. The van der Waals surface area contributed by atoms with Crippen molar-refractivity contribution in [2.75, 3.05) is 5.73 Å². The number of para-hydroxylation sites is 1. The maximum Gasteiger partial charge on any atom is 0.262 e. The Bertz CT molecular complexity index is 814. The van der Waals surface area contributed by atoms with E-state index in [1.807, 2.05) is 0 Å². The minimum Gasteiger partial charge on any atom is -0.505 e. The fourth-order valence-electron chi connectivity index (χ4n) is 2.05. The first-order chi connectivity index (χ1) is 10.1. The average Bonchev–Trinajstić information content (AvgIpc) is 2.91. The van der Waals surface area contributed by atoms with E-state index in [0.29, 0.717) is 22.5 Å². The number of phenolic OH excluding ortho intramolecular Hbond substituents is 1. The Morgan fingerprint density at radius 2 is 2.00 bits per heavy atom. The summed E-state index contributed by atoms with van der Waals surface area (Å²) < 4.78 is 18.3. The van der Waals surface area contributed by atoms with Gasteiger partial charge in [0, 0.05) is 5.56 Å². The van der Waals surface area contributed by atoms with Gasteiger partial charge in [0.1, 0.15) is 5.82 Å². The minimum atomic E-state index is -0.326. The van der Waals surface area contributed by atoms with Gasteiger partial charge < -0.3 is 15.4 Å². The second kappa shape index (κ2) is 4.90. The molecule has 6 heteroatoms. The van der Waals surface area contributed by atoms with E-state index in [9.17, 15) is 9.50 Å². The molecular weight excluding hydrogens is 273 g/mol. The molecule has 21 heavy (non-hydrogen) atoms. The highest BCUT2D eigenvalue weighted by molar-refractivity contribution is 5.72. The molecule has 0 aliphatic rings. The molecule has 5 nitrogen and oxygen atoms in total. The van der Waals surface area contributed by atoms with Gasteiger partial charge in [-0.2, -0.15) is 4.98 Å². The van der Waals surface area contributed by atoms with Crippen LogP contribution in [0.25, 0.3) is 22.8 Å². The SMILES string of the molecule is Cc1cc(F)ccc1-c1noc(-c2cccc(N)c2O)n1. The molecule has 0 radical (unpaired) electrons. The number of nitrogens with two attached hydrogens (primary N) is 1. The van der Waals surface area contributed by atoms with E-state index in [1.165, 1.54) is 12.1 Å². The second-order valence-electron chi connectivity index (χ2n) is 4.63. The van der Waals surface area contributed by atoms with Gasteiger partial charge in [0.25, 0.3) is 5.89 Å². The van der Waals surface area contributed by atoms with Gasteiger partial charge >= 0.3 is 0 Å². The molecule has 0 aliphatic carbocycles. The van der Waals surface area contributed by atoms with E-state index in [-0.39, 0.29) is 23.1 Å². The van der Waals surface area contributed by atoms with Gasteiger partial charge in [-0.05, 0) is 42.8 Å². The lowest BCUT2D eigenvalue weighted by atomic mass is 10.1. The van der Waals surface area contributed by atoms with Gasteiger partial charge in [-0.15, -0.1) is 0 Å². The van der Waals surface area contributed by atoms with Crippen molar-refractivity contribution >= 4 is 5.69 Å². The number of phenols is 1. The van der Waals surface area contributed by atoms with E-state index >= 15 is 0 Å². The Morgan fingerprint density at radius 3 is 2.76 bits per heavy atom. The van der Waals surface area contributed by atoms with Crippen molar-refractivity contribution in [2.45, 2.75) is 6.92 Å². The summed E-state index contributed by atoms with van der Waals surface area (Å²) in [6.45, 7) is 1.76. The second-order valence-corrected chi connectivity index (χ2v) is 4.63. The predicted molar refractivity (Wildman–Crippen MR) is 75.9 cm³/mol. The predicted octanol–water partition coefficient (Wildman–Crippen LogP) is 3.14. The van der Waals surface area contributed by atoms with Crippen molar-refractivity contribution in [1.82, 2.24) is 10.1 Å². The van der Waals surface area contributed by atoms with E-state index in [0.717, 1.165) is 0 Å². The molecule has 0 saturated carbocycles. The van der Waals surface area contributed by atoms with Crippen molar-refractivity contribution < 1.29 is 14.0 Å². The molecule has 1 heterocycles. The number of hydrogen-bond donors (Lipinski definition) is 2. The molecule has 0 amide bonds. The molecule has 0 saturated heterocycles. The maximum atomic E-state index is 13.1. The lowest BCUT2D eigenvalue weighted by molar-refractivity contribution is 0.426. The third-order valence-corrected chi connectivity index (χ3v) is 3.15. The number of aromatic nitrogens is 2. The Balaban J connectivity index is 2.06. The standard InChI is InChI=1S/C15H12FN3O2/c1-8-7-9(16)5-6-10(8)14-18-15(21-19-14)11-3-2-4-12(17)13(11)20/h2-7,20H,17H2,1H3. The number of aromatic hydroxyl groups is 1. The molecule has 0 unspecified atom stereocenters. The van der Waals surface area contributed by atoms with Crippen LogP contribution in [0.1, 0.15) is 5.56 Å². The number of halogens is 1. The molecule has 0 aliphatic heterocycles. The summed E-state index contributed by atoms with van der Waals surface area (Å²) in [6.07, 6.45) is 0. The topological polar surface area (TPSA) is 85.2 Å². The molecule has 3 aromatic rings. The molecule has 0 spiro atoms. The minimum absolute atomic E-state index is 0.108. The zero-order chi connectivity index (χ0) is 15.0. The molecule has 0 atom stereocenters. The fraction of sp³-hybridized carbons (Fsp3) is 0.0667. The quantitative estimate of drug-likeness (QED) is 0.558. The third kappa shape index (κ3) is 2.31. The molecule has 1 aromatic heterocycles. The molecule has 106 valence electrons. The van der Waals surface area contributed by atoms with Crippen molar-refractivity contribution in [1.29, 1.82) is 0 Å². The van der Waals surface area contributed by atoms with E-state index < -0.39 is 0 Å². The van der Waals surface area contributed by atoms with Crippen LogP contribution < -0.4 is 5.73 Å². The summed E-state index contributed by atoms with van der Waals surface area (Å²) >= 11 is 0. The Kier molecular flexibility index (Phi) is 3.06. The number of nitrogens with zero attached hydrogens (tertiary/aromatic N) is 2. The van der Waals surface area contributed by atoms with Crippen LogP contribution in [0.15, 0.2) is 40.9 Å². The van der Waals surface area contributed by atoms with Gasteiger partial charge in [0.15, 0.2) is 5.75 Å². The first-order valence-corrected chi connectivity index (χ1v) is 6.24. The van der Waals surface area contributed by atoms with Crippen molar-refractivity contribution in [3.8, 4) is 28.6 Å². The van der Waals surface area contributed by atoms with Crippen molar-refractivity contribution in [3.63, 3.8) is 0 Å². The number of aryl methyl sites for hydroxylation is 1. The van der Waals surface area contributed by atoms with Crippen molar-refractivity contribution in [2.24, 2.45) is 0 Å². The maximum absolute atomic E-state index is 13.1. The Morgan fingerprint density at radius 1 is 1.19 bits per heavy atom. The highest BCUT2D eigenvalue weighted by Crippen LogP contribution is 2.33. The zero-order valence-electron chi connectivity index (χ0n) is 11.2. The van der Waals surface area contributed by atoms with Crippen LogP contribution in [0.3, 0.4) is 0 Å². The summed E-state index contributed by atoms with van der Waals surface area (Å²) in [7, 11) is 0. The number of nitrogen functional groups attached to an aromatic ring is 1. The summed E-state index contributed by atoms with van der Waals surface area (Å²) in [6, 6.07) is 9.18. The molecule has 0 fully saturated rings. The number of anilines is 1. The van der Waals surface area contributed by atoms with E-state index in [1.54, 1.807) is 31.2 Å². The number of benzene rings is 2. The fourth-order valence-corrected chi connectivity index (χ4v) is 2.05. The Labute approximate surface area is 119 Å². The summed E-state index contributed by atoms with van der Waals surface area (Å²) in [5.74, 6) is 0.0415. The van der Waals surface area contributed by atoms with E-state index in [4.69, 9.17) is 10.3 Å². The van der Waals surface area contributed by atoms with Gasteiger partial charge in [0.2, 0.25) is 5.82 Å². The van der Waals surface area contributed by atoms with Gasteiger partial charge in [-0.1, -0.05) is 11.2 Å². The average molecular weight is 285 g/mol. The number of rotatable bonds is 2. The number of hydrogen-bond acceptors (Lipinski definition) is 5. The van der Waals surface area contributed by atoms with Crippen LogP contribution in [0, 0.1) is 12.7 Å². The lowest BCUT2D eigenvalue weighted by Crippen LogP contribution is -1.89. The molecule has 3 N–H and O–H groups in total. The highest BCUT2D eigenvalue weighted by atomic mass is 19.1. The molecule has 0 bridgehead atoms. The summed E-state index contributed by atoms with van der Waals surface area (Å²) in [5, 5.41) is 13.8. The van der Waals surface area contributed by atoms with Crippen LogP contribution in [0.2, 0.25) is 0 Å². The van der Waals surface area contributed by atoms with Crippen LogP contribution >= 0.6 is 0 Å². The summed E-state index contributed by atoms with van der Waals surface area (Å²) in [5.41, 5.74) is 7.57. The summed E-state index contributed by atoms with van der Waals surface area (Å²) in [4.78, 5) is 4.23. The van der Waals surface area contributed by atoms with Gasteiger partial charge in [-0.3, -0.25) is 0 Å².